The second-order valence-electron chi connectivity index (χ2n) is 2.29. The monoisotopic (exact) mass is 192 g/mol. The first-order valence-electron chi connectivity index (χ1n) is 3.26. The Kier molecular flexibility index (Phi) is 4.11. The van der Waals surface area contributed by atoms with Crippen LogP contribution in [0.3, 0.4) is 0 Å². The van der Waals surface area contributed by atoms with Gasteiger partial charge in [-0.15, -0.1) is 0 Å². The van der Waals surface area contributed by atoms with Crippen molar-refractivity contribution in [2.45, 2.75) is 32.0 Å². The molecule has 0 N–H and O–H groups in total. The Bertz CT molecular complexity index is 99.1. The molecule has 0 aromatic rings. The molecule has 0 saturated carbocycles. The number of carbonyl (C=O) groups is 1. The summed E-state index contributed by atoms with van der Waals surface area (Å²) in [6.45, 7) is 5.84. The van der Waals surface area contributed by atoms with E-state index in [4.69, 9.17) is 0 Å². The van der Waals surface area contributed by atoms with Crippen LogP contribution in [0, 0.1) is 5.92 Å². The fourth-order valence-corrected chi connectivity index (χ4v) is 0.873. The number of hydrogen-bond donors (Lipinski definition) is 0. The fourth-order valence-electron chi connectivity index (χ4n) is 0.578. The quantitative estimate of drug-likeness (QED) is 0.629. The normalized spacial score (nSPS) is 16.9. The van der Waals surface area contributed by atoms with Gasteiger partial charge >= 0.3 is 0 Å². The van der Waals surface area contributed by atoms with Crippen molar-refractivity contribution in [3.05, 3.63) is 0 Å². The lowest BCUT2D eigenvalue weighted by molar-refractivity contribution is -0.121. The van der Waals surface area contributed by atoms with Gasteiger partial charge in [0.1, 0.15) is 5.78 Å². The Morgan fingerprint density at radius 3 is 2.11 bits per heavy atom. The molecular formula is C7H13BrO. The van der Waals surface area contributed by atoms with Crippen LogP contribution in [-0.2, 0) is 4.79 Å². The van der Waals surface area contributed by atoms with E-state index in [1.165, 1.54) is 0 Å². The van der Waals surface area contributed by atoms with Crippen molar-refractivity contribution < 1.29 is 4.79 Å². The average molecular weight is 193 g/mol. The summed E-state index contributed by atoms with van der Waals surface area (Å²) in [6.07, 6.45) is 0.650. The van der Waals surface area contributed by atoms with Gasteiger partial charge < -0.3 is 0 Å². The van der Waals surface area contributed by atoms with Crippen LogP contribution >= 0.6 is 15.9 Å². The summed E-state index contributed by atoms with van der Waals surface area (Å²) in [5.74, 6) is 0.495. The molecule has 0 aromatic heterocycles. The van der Waals surface area contributed by atoms with E-state index in [-0.39, 0.29) is 5.92 Å². The molecule has 0 rings (SSSR count). The van der Waals surface area contributed by atoms with Crippen LogP contribution in [0.2, 0.25) is 0 Å². The van der Waals surface area contributed by atoms with E-state index in [9.17, 15) is 4.79 Å². The maximum Gasteiger partial charge on any atom is 0.136 e. The Morgan fingerprint density at radius 1 is 1.56 bits per heavy atom. The van der Waals surface area contributed by atoms with Crippen molar-refractivity contribution in [2.24, 2.45) is 5.92 Å². The van der Waals surface area contributed by atoms with Crippen molar-refractivity contribution >= 4 is 21.7 Å². The molecule has 0 aliphatic heterocycles. The fraction of sp³-hybridized carbons (Fsp3) is 0.857. The Morgan fingerprint density at radius 2 is 2.00 bits per heavy atom. The van der Waals surface area contributed by atoms with E-state index < -0.39 is 0 Å². The van der Waals surface area contributed by atoms with Gasteiger partial charge in [0.2, 0.25) is 0 Å². The topological polar surface area (TPSA) is 17.1 Å². The SMILES string of the molecule is CCC(=O)C(C)C(C)Br. The van der Waals surface area contributed by atoms with Crippen molar-refractivity contribution in [3.63, 3.8) is 0 Å². The number of alkyl halides is 1. The van der Waals surface area contributed by atoms with Crippen LogP contribution in [0.5, 0.6) is 0 Å². The van der Waals surface area contributed by atoms with Crippen LogP contribution in [0.1, 0.15) is 27.2 Å². The molecule has 0 spiro atoms. The lowest BCUT2D eigenvalue weighted by atomic mass is 10.0. The number of halogens is 1. The molecule has 0 aromatic carbocycles. The second-order valence-corrected chi connectivity index (χ2v) is 3.73. The Hall–Kier alpha value is 0.150. The first kappa shape index (κ1) is 9.15. The van der Waals surface area contributed by atoms with Gasteiger partial charge in [-0.25, -0.2) is 0 Å². The second kappa shape index (κ2) is 4.04. The molecule has 0 amide bonds. The van der Waals surface area contributed by atoms with Crippen molar-refractivity contribution in [3.8, 4) is 0 Å². The minimum Gasteiger partial charge on any atom is -0.299 e. The molecule has 2 heteroatoms. The third kappa shape index (κ3) is 2.99. The van der Waals surface area contributed by atoms with Crippen molar-refractivity contribution in [1.82, 2.24) is 0 Å². The van der Waals surface area contributed by atoms with Gasteiger partial charge in [0.15, 0.2) is 0 Å². The molecule has 0 aliphatic carbocycles. The molecule has 0 bridgehead atoms. The molecule has 2 unspecified atom stereocenters. The van der Waals surface area contributed by atoms with E-state index in [2.05, 4.69) is 15.9 Å². The predicted molar refractivity (Wildman–Crippen MR) is 42.9 cm³/mol. The largest absolute Gasteiger partial charge is 0.299 e. The van der Waals surface area contributed by atoms with Crippen LogP contribution < -0.4 is 0 Å². The van der Waals surface area contributed by atoms with Gasteiger partial charge in [0.05, 0.1) is 0 Å². The molecule has 9 heavy (non-hydrogen) atoms. The zero-order valence-corrected chi connectivity index (χ0v) is 7.73. The highest BCUT2D eigenvalue weighted by Crippen LogP contribution is 2.13. The minimum absolute atomic E-state index is 0.162. The highest BCUT2D eigenvalue weighted by atomic mass is 79.9. The molecule has 2 atom stereocenters. The molecule has 0 fully saturated rings. The summed E-state index contributed by atoms with van der Waals surface area (Å²) >= 11 is 3.36. The van der Waals surface area contributed by atoms with E-state index >= 15 is 0 Å². The number of Topliss-reactive ketones (excluding diaryl/α,β-unsaturated/α-hetero) is 1. The minimum atomic E-state index is 0.162. The number of hydrogen-bond acceptors (Lipinski definition) is 1. The maximum absolute atomic E-state index is 10.9. The lowest BCUT2D eigenvalue weighted by Gasteiger charge is -2.10. The molecular weight excluding hydrogens is 180 g/mol. The van der Waals surface area contributed by atoms with E-state index in [1.807, 2.05) is 20.8 Å². The summed E-state index contributed by atoms with van der Waals surface area (Å²) in [6, 6.07) is 0. The summed E-state index contributed by atoms with van der Waals surface area (Å²) < 4.78 is 0. The highest BCUT2D eigenvalue weighted by molar-refractivity contribution is 9.09. The third-order valence-corrected chi connectivity index (χ3v) is 2.34. The van der Waals surface area contributed by atoms with Crippen LogP contribution in [-0.4, -0.2) is 10.6 Å². The molecule has 0 heterocycles. The first-order valence-corrected chi connectivity index (χ1v) is 4.18. The van der Waals surface area contributed by atoms with Gasteiger partial charge in [-0.3, -0.25) is 4.79 Å². The van der Waals surface area contributed by atoms with Crippen molar-refractivity contribution in [1.29, 1.82) is 0 Å². The Labute approximate surface area is 65.0 Å². The third-order valence-electron chi connectivity index (χ3n) is 1.55. The van der Waals surface area contributed by atoms with Gasteiger partial charge in [0.25, 0.3) is 0 Å². The van der Waals surface area contributed by atoms with E-state index in [1.54, 1.807) is 0 Å². The standard InChI is InChI=1S/C7H13BrO/c1-4-7(9)5(2)6(3)8/h5-6H,4H2,1-3H3. The number of ketones is 1. The number of rotatable bonds is 3. The maximum atomic E-state index is 10.9. The summed E-state index contributed by atoms with van der Waals surface area (Å²) in [7, 11) is 0. The van der Waals surface area contributed by atoms with Crippen LogP contribution in [0.25, 0.3) is 0 Å². The molecule has 1 nitrogen and oxygen atoms in total. The molecule has 54 valence electrons. The highest BCUT2D eigenvalue weighted by Gasteiger charge is 2.14. The van der Waals surface area contributed by atoms with Crippen LogP contribution in [0.15, 0.2) is 0 Å². The van der Waals surface area contributed by atoms with E-state index in [0.29, 0.717) is 17.0 Å². The average Bonchev–Trinajstić information content (AvgIpc) is 1.84. The number of carbonyl (C=O) groups excluding carboxylic acids is 1. The molecule has 0 radical (unpaired) electrons. The summed E-state index contributed by atoms with van der Waals surface area (Å²) in [5.41, 5.74) is 0. The van der Waals surface area contributed by atoms with E-state index in [0.717, 1.165) is 0 Å². The predicted octanol–water partition coefficient (Wildman–Crippen LogP) is 2.39. The Balaban J connectivity index is 3.72. The summed E-state index contributed by atoms with van der Waals surface area (Å²) in [5, 5.41) is 0. The molecule has 0 saturated heterocycles. The zero-order valence-electron chi connectivity index (χ0n) is 6.15. The smallest absolute Gasteiger partial charge is 0.136 e. The lowest BCUT2D eigenvalue weighted by Crippen LogP contribution is -2.17. The van der Waals surface area contributed by atoms with Crippen molar-refractivity contribution in [2.75, 3.05) is 0 Å². The van der Waals surface area contributed by atoms with Gasteiger partial charge in [-0.05, 0) is 0 Å². The van der Waals surface area contributed by atoms with Gasteiger partial charge in [-0.1, -0.05) is 36.7 Å². The molecule has 0 aliphatic rings. The van der Waals surface area contributed by atoms with Gasteiger partial charge in [0, 0.05) is 17.2 Å². The van der Waals surface area contributed by atoms with Crippen LogP contribution in [0.4, 0.5) is 0 Å². The van der Waals surface area contributed by atoms with Gasteiger partial charge in [-0.2, -0.15) is 0 Å². The first-order chi connectivity index (χ1) is 4.09. The summed E-state index contributed by atoms with van der Waals surface area (Å²) in [4.78, 5) is 11.2. The zero-order chi connectivity index (χ0) is 7.44.